The van der Waals surface area contributed by atoms with Gasteiger partial charge in [-0.25, -0.2) is 15.0 Å². The van der Waals surface area contributed by atoms with Crippen LogP contribution in [0, 0.1) is 11.8 Å². The highest BCUT2D eigenvalue weighted by Gasteiger charge is 2.41. The molecule has 278 valence electrons. The predicted molar refractivity (Wildman–Crippen MR) is 211 cm³/mol. The summed E-state index contributed by atoms with van der Waals surface area (Å²) in [5, 5.41) is 25.5. The number of nitrogens with one attached hydrogen (secondary N) is 1. The molecule has 1 saturated heterocycles. The minimum Gasteiger partial charge on any atom is -0.511 e. The quantitative estimate of drug-likeness (QED) is 0.109. The van der Waals surface area contributed by atoms with Gasteiger partial charge in [0.2, 0.25) is 0 Å². The first-order valence-corrected chi connectivity index (χ1v) is 19.9. The Morgan fingerprint density at radius 1 is 0.846 bits per heavy atom. The molecule has 0 saturated carbocycles. The molecule has 6 rings (SSSR count). The number of nitrogens with zero attached hydrogens (tertiary/aromatic N) is 3. The first kappa shape index (κ1) is 37.7. The lowest BCUT2D eigenvalue weighted by molar-refractivity contribution is -0.144. The molecule has 52 heavy (non-hydrogen) atoms. The highest BCUT2D eigenvalue weighted by atomic mass is 16.5. The van der Waals surface area contributed by atoms with Crippen LogP contribution in [0.5, 0.6) is 0 Å². The van der Waals surface area contributed by atoms with Gasteiger partial charge < -0.3 is 20.3 Å². The molecule has 5 heterocycles. The summed E-state index contributed by atoms with van der Waals surface area (Å²) < 4.78 is 5.72. The number of aliphatic hydroxyl groups is 2. The Kier molecular flexibility index (Phi) is 12.1. The van der Waals surface area contributed by atoms with E-state index in [0.29, 0.717) is 31.6 Å². The molecule has 1 fully saturated rings. The molecule has 0 radical (unpaired) electrons. The van der Waals surface area contributed by atoms with Crippen LogP contribution in [0.3, 0.4) is 0 Å². The smallest absolute Gasteiger partial charge is 0.305 e. The van der Waals surface area contributed by atoms with Gasteiger partial charge in [0.15, 0.2) is 0 Å². The summed E-state index contributed by atoms with van der Waals surface area (Å²) in [6, 6.07) is 0. The highest BCUT2D eigenvalue weighted by Crippen LogP contribution is 2.46. The van der Waals surface area contributed by atoms with E-state index in [-0.39, 0.29) is 24.4 Å². The second-order valence-corrected chi connectivity index (χ2v) is 15.2. The lowest BCUT2D eigenvalue weighted by Gasteiger charge is -2.17. The third-order valence-electron chi connectivity index (χ3n) is 11.8. The molecule has 0 amide bonds. The number of esters is 1. The lowest BCUT2D eigenvalue weighted by atomic mass is 9.86. The van der Waals surface area contributed by atoms with Crippen molar-refractivity contribution in [3.63, 3.8) is 0 Å². The molecule has 0 spiro atoms. The Hall–Kier alpha value is -4.04. The van der Waals surface area contributed by atoms with Crippen molar-refractivity contribution in [3.8, 4) is 0 Å². The first-order chi connectivity index (χ1) is 25.2. The van der Waals surface area contributed by atoms with Gasteiger partial charge in [0, 0.05) is 52.8 Å². The van der Waals surface area contributed by atoms with E-state index in [1.807, 2.05) is 26.0 Å². The molecule has 0 aromatic rings. The molecule has 6 aliphatic rings. The van der Waals surface area contributed by atoms with E-state index in [4.69, 9.17) is 19.7 Å². The second kappa shape index (κ2) is 16.7. The van der Waals surface area contributed by atoms with Gasteiger partial charge in [-0.15, -0.1) is 0 Å². The number of carbonyl (C=O) groups is 1. The van der Waals surface area contributed by atoms with Crippen LogP contribution in [-0.4, -0.2) is 46.5 Å². The average Bonchev–Trinajstić information content (AvgIpc) is 3.88. The fourth-order valence-corrected chi connectivity index (χ4v) is 8.48. The van der Waals surface area contributed by atoms with Crippen LogP contribution < -0.4 is 5.32 Å². The summed E-state index contributed by atoms with van der Waals surface area (Å²) in [7, 11) is 0. The topological polar surface area (TPSA) is 116 Å². The van der Waals surface area contributed by atoms with E-state index >= 15 is 0 Å². The van der Waals surface area contributed by atoms with E-state index in [9.17, 15) is 15.0 Å². The van der Waals surface area contributed by atoms with Crippen molar-refractivity contribution in [1.29, 1.82) is 0 Å². The molecule has 2 atom stereocenters. The summed E-state index contributed by atoms with van der Waals surface area (Å²) in [4.78, 5) is 28.3. The molecular weight excluding hydrogens is 649 g/mol. The van der Waals surface area contributed by atoms with Gasteiger partial charge in [0.05, 0.1) is 47.4 Å². The number of allylic oxidation sites excluding steroid dienone is 11. The molecule has 0 aromatic carbocycles. The molecule has 8 heteroatoms. The molecule has 8 nitrogen and oxygen atoms in total. The minimum atomic E-state index is -0.159. The largest absolute Gasteiger partial charge is 0.511 e. The van der Waals surface area contributed by atoms with E-state index in [1.54, 1.807) is 0 Å². The number of unbranched alkanes of at least 4 members (excludes halogenated alkanes) is 9. The zero-order valence-corrected chi connectivity index (χ0v) is 32.3. The lowest BCUT2D eigenvalue weighted by Crippen LogP contribution is -2.16. The third kappa shape index (κ3) is 7.68. The number of carbonyl (C=O) groups excluding carboxylic acids is 1. The maximum absolute atomic E-state index is 13.0. The number of aliphatic hydroxyl groups excluding tert-OH is 2. The zero-order valence-electron chi connectivity index (χ0n) is 32.3. The fraction of sp³-hybridized carbons (Fsp3) is 0.545. The van der Waals surface area contributed by atoms with Gasteiger partial charge in [-0.2, -0.15) is 0 Å². The number of fused-ring (bicyclic) bond motifs is 5. The Labute approximate surface area is 310 Å². The first-order valence-electron chi connectivity index (χ1n) is 19.9. The Morgan fingerprint density at radius 3 is 2.15 bits per heavy atom. The van der Waals surface area contributed by atoms with Crippen LogP contribution in [0.25, 0.3) is 0 Å². The standard InChI is InChI=1S/C44H58N4O4/c1-7-9-10-11-12-13-14-15-16-17-20-52-41(51)19-18-31-27(4)36-22-34-28(5)33(25-49)39(46-34)23-35-26(3)30(8-2)38(45-35)24-37-29(6)42-40(50)21-32(43(31)47-36)44(42)48-37/h22-24,27,31,47,49-50H,7-21,25H2,1-6H3. The molecular formula is C44H58N4O4. The molecule has 1 aliphatic carbocycles. The van der Waals surface area contributed by atoms with Crippen LogP contribution in [0.1, 0.15) is 131 Å². The summed E-state index contributed by atoms with van der Waals surface area (Å²) in [5.41, 5.74) is 13.5. The Bertz CT molecular complexity index is 1840. The summed E-state index contributed by atoms with van der Waals surface area (Å²) >= 11 is 0. The van der Waals surface area contributed by atoms with E-state index in [1.165, 1.54) is 51.4 Å². The van der Waals surface area contributed by atoms with Crippen LogP contribution in [0.15, 0.2) is 106 Å². The summed E-state index contributed by atoms with van der Waals surface area (Å²) in [5.74, 6) is 0.216. The summed E-state index contributed by atoms with van der Waals surface area (Å²) in [6.45, 7) is 13.0. The highest BCUT2D eigenvalue weighted by molar-refractivity contribution is 6.21. The van der Waals surface area contributed by atoms with Crippen LogP contribution >= 0.6 is 0 Å². The SMILES string of the molecule is CCCCCCCCCCCCOC(=O)CCC1C2=C3CC(O)=C4C3=NC(=C4C)C=C3N=C(C=C4N=C(C=C(N2)C1C)C(C)=C4CO)C(C)=C3CC. The van der Waals surface area contributed by atoms with E-state index in [0.717, 1.165) is 104 Å². The number of rotatable bonds is 16. The average molecular weight is 707 g/mol. The van der Waals surface area contributed by atoms with Gasteiger partial charge >= 0.3 is 5.97 Å². The summed E-state index contributed by atoms with van der Waals surface area (Å²) in [6.07, 6.45) is 20.7. The van der Waals surface area contributed by atoms with Gasteiger partial charge in [-0.3, -0.25) is 4.79 Å². The zero-order chi connectivity index (χ0) is 36.9. The van der Waals surface area contributed by atoms with Crippen LogP contribution in [0.4, 0.5) is 0 Å². The predicted octanol–water partition coefficient (Wildman–Crippen LogP) is 9.89. The van der Waals surface area contributed by atoms with Crippen molar-refractivity contribution < 1.29 is 19.7 Å². The number of ether oxygens (including phenoxy) is 1. The normalized spacial score (nSPS) is 22.3. The van der Waals surface area contributed by atoms with Crippen LogP contribution in [0.2, 0.25) is 0 Å². The van der Waals surface area contributed by atoms with Gasteiger partial charge in [0.1, 0.15) is 5.76 Å². The minimum absolute atomic E-state index is 0.00294. The number of hydrogen-bond donors (Lipinski definition) is 3. The van der Waals surface area contributed by atoms with E-state index < -0.39 is 0 Å². The van der Waals surface area contributed by atoms with Gasteiger partial charge in [-0.05, 0) is 80.6 Å². The van der Waals surface area contributed by atoms with Crippen molar-refractivity contribution in [2.24, 2.45) is 26.8 Å². The Balaban J connectivity index is 1.23. The van der Waals surface area contributed by atoms with Crippen molar-refractivity contribution in [1.82, 2.24) is 5.32 Å². The second-order valence-electron chi connectivity index (χ2n) is 15.2. The fourth-order valence-electron chi connectivity index (χ4n) is 8.48. The molecule has 5 aliphatic heterocycles. The van der Waals surface area contributed by atoms with Gasteiger partial charge in [0.25, 0.3) is 0 Å². The third-order valence-corrected chi connectivity index (χ3v) is 11.8. The maximum Gasteiger partial charge on any atom is 0.305 e. The van der Waals surface area contributed by atoms with E-state index in [2.05, 4.69) is 39.1 Å². The van der Waals surface area contributed by atoms with Crippen molar-refractivity contribution in [3.05, 3.63) is 91.5 Å². The van der Waals surface area contributed by atoms with Gasteiger partial charge in [-0.1, -0.05) is 78.6 Å². The van der Waals surface area contributed by atoms with Crippen molar-refractivity contribution in [2.75, 3.05) is 13.2 Å². The molecule has 0 aromatic heterocycles. The molecule has 2 unspecified atom stereocenters. The number of hydrogen-bond acceptors (Lipinski definition) is 8. The Morgan fingerprint density at radius 2 is 1.48 bits per heavy atom. The van der Waals surface area contributed by atoms with Crippen molar-refractivity contribution >= 4 is 23.1 Å². The number of aliphatic imine (C=N–C) groups is 3. The van der Waals surface area contributed by atoms with Crippen LogP contribution in [-0.2, 0) is 9.53 Å². The van der Waals surface area contributed by atoms with Crippen molar-refractivity contribution in [2.45, 2.75) is 131 Å². The maximum atomic E-state index is 13.0. The molecule has 8 bridgehead atoms. The monoisotopic (exact) mass is 706 g/mol. The molecule has 3 N–H and O–H groups in total.